The Labute approximate surface area is 143 Å². The van der Waals surface area contributed by atoms with Crippen molar-refractivity contribution in [1.29, 1.82) is 0 Å². The predicted octanol–water partition coefficient (Wildman–Crippen LogP) is 3.27. The van der Waals surface area contributed by atoms with Gasteiger partial charge in [-0.05, 0) is 20.5 Å². The molecule has 7 heteroatoms. The standard InChI is InChI=1S/C12H26O4S.C4H11NO/c1-2-3-4-5-6-7-8-9-10-11-12-16-17(13,14)15;1-5(2)3-4-6/h2-12H2,1H3,(H,13,14,15);6H,3-4H2,1-2H3. The second kappa shape index (κ2) is 18.1. The van der Waals surface area contributed by atoms with Gasteiger partial charge in [0.25, 0.3) is 0 Å². The lowest BCUT2D eigenvalue weighted by atomic mass is 10.1. The summed E-state index contributed by atoms with van der Waals surface area (Å²) >= 11 is 0. The summed E-state index contributed by atoms with van der Waals surface area (Å²) in [6.07, 6.45) is 11.9. The lowest BCUT2D eigenvalue weighted by molar-refractivity contribution is 0.243. The zero-order valence-electron chi connectivity index (χ0n) is 15.2. The van der Waals surface area contributed by atoms with E-state index in [4.69, 9.17) is 9.66 Å². The van der Waals surface area contributed by atoms with Gasteiger partial charge in [-0.25, -0.2) is 4.18 Å². The Hall–Kier alpha value is -0.210. The van der Waals surface area contributed by atoms with Crippen molar-refractivity contribution in [2.24, 2.45) is 0 Å². The van der Waals surface area contributed by atoms with Crippen LogP contribution in [0.4, 0.5) is 0 Å². The van der Waals surface area contributed by atoms with E-state index >= 15 is 0 Å². The van der Waals surface area contributed by atoms with Crippen molar-refractivity contribution in [3.63, 3.8) is 0 Å². The molecule has 0 bridgehead atoms. The van der Waals surface area contributed by atoms with Gasteiger partial charge >= 0.3 is 10.4 Å². The van der Waals surface area contributed by atoms with E-state index in [2.05, 4.69) is 11.1 Å². The number of rotatable bonds is 14. The minimum atomic E-state index is -4.23. The zero-order valence-corrected chi connectivity index (χ0v) is 16.0. The number of nitrogens with zero attached hydrogens (tertiary/aromatic N) is 1. The van der Waals surface area contributed by atoms with Gasteiger partial charge in [0.05, 0.1) is 13.2 Å². The quantitative estimate of drug-likeness (QED) is 0.367. The molecule has 0 saturated heterocycles. The lowest BCUT2D eigenvalue weighted by Crippen LogP contribution is -2.15. The van der Waals surface area contributed by atoms with Gasteiger partial charge in [-0.15, -0.1) is 0 Å². The Kier molecular flexibility index (Phi) is 19.7. The Balaban J connectivity index is 0. The molecule has 0 aromatic rings. The van der Waals surface area contributed by atoms with Crippen LogP contribution in [-0.2, 0) is 14.6 Å². The Morgan fingerprint density at radius 3 is 1.61 bits per heavy atom. The molecule has 0 amide bonds. The third-order valence-corrected chi connectivity index (χ3v) is 3.74. The molecule has 0 radical (unpaired) electrons. The highest BCUT2D eigenvalue weighted by molar-refractivity contribution is 7.80. The highest BCUT2D eigenvalue weighted by Crippen LogP contribution is 2.10. The molecule has 0 fully saturated rings. The van der Waals surface area contributed by atoms with E-state index in [-0.39, 0.29) is 13.2 Å². The van der Waals surface area contributed by atoms with Crippen molar-refractivity contribution in [2.75, 3.05) is 33.9 Å². The van der Waals surface area contributed by atoms with Crippen molar-refractivity contribution >= 4 is 10.4 Å². The molecule has 0 aliphatic heterocycles. The third kappa shape index (κ3) is 30.3. The van der Waals surface area contributed by atoms with E-state index in [1.165, 1.54) is 44.9 Å². The molecule has 0 heterocycles. The van der Waals surface area contributed by atoms with Crippen LogP contribution in [0.5, 0.6) is 0 Å². The summed E-state index contributed by atoms with van der Waals surface area (Å²) in [5.74, 6) is 0. The molecular weight excluding hydrogens is 318 g/mol. The fourth-order valence-electron chi connectivity index (χ4n) is 1.95. The first-order valence-electron chi connectivity index (χ1n) is 8.71. The molecular formula is C16H37NO5S. The van der Waals surface area contributed by atoms with Crippen LogP contribution < -0.4 is 0 Å². The highest BCUT2D eigenvalue weighted by Gasteiger charge is 2.02. The summed E-state index contributed by atoms with van der Waals surface area (Å²) in [5, 5.41) is 8.20. The molecule has 0 aliphatic carbocycles. The van der Waals surface area contributed by atoms with Crippen LogP contribution in [0.2, 0.25) is 0 Å². The van der Waals surface area contributed by atoms with Crippen molar-refractivity contribution in [1.82, 2.24) is 4.90 Å². The molecule has 0 rings (SSSR count). The van der Waals surface area contributed by atoms with E-state index < -0.39 is 10.4 Å². The maximum Gasteiger partial charge on any atom is 0.397 e. The van der Waals surface area contributed by atoms with Crippen LogP contribution in [0.15, 0.2) is 0 Å². The molecule has 0 aliphatic rings. The average molecular weight is 356 g/mol. The van der Waals surface area contributed by atoms with E-state index in [9.17, 15) is 8.42 Å². The maximum atomic E-state index is 10.2. The second-order valence-corrected chi connectivity index (χ2v) is 7.05. The van der Waals surface area contributed by atoms with Crippen molar-refractivity contribution < 1.29 is 22.3 Å². The minimum absolute atomic E-state index is 0.0926. The van der Waals surface area contributed by atoms with Gasteiger partial charge in [0.2, 0.25) is 0 Å². The number of hydrogen-bond acceptors (Lipinski definition) is 5. The fourth-order valence-corrected chi connectivity index (χ4v) is 2.28. The second-order valence-electron chi connectivity index (χ2n) is 5.96. The number of likely N-dealkylation sites (N-methyl/N-ethyl adjacent to an activating group) is 1. The van der Waals surface area contributed by atoms with Crippen LogP contribution in [0.1, 0.15) is 71.1 Å². The summed E-state index contributed by atoms with van der Waals surface area (Å²) in [6, 6.07) is 0. The van der Waals surface area contributed by atoms with Gasteiger partial charge in [0.15, 0.2) is 0 Å². The molecule has 23 heavy (non-hydrogen) atoms. The Bertz CT molecular complexity index is 320. The van der Waals surface area contributed by atoms with E-state index in [1.807, 2.05) is 19.0 Å². The normalized spacial score (nSPS) is 11.4. The van der Waals surface area contributed by atoms with Crippen molar-refractivity contribution in [3.05, 3.63) is 0 Å². The molecule has 0 aromatic heterocycles. The smallest absolute Gasteiger partial charge is 0.395 e. The van der Waals surface area contributed by atoms with Gasteiger partial charge in [0, 0.05) is 6.54 Å². The summed E-state index contributed by atoms with van der Waals surface area (Å²) < 4.78 is 33.0. The van der Waals surface area contributed by atoms with Gasteiger partial charge in [0.1, 0.15) is 0 Å². The lowest BCUT2D eigenvalue weighted by Gasteiger charge is -2.03. The van der Waals surface area contributed by atoms with Crippen LogP contribution in [0, 0.1) is 0 Å². The largest absolute Gasteiger partial charge is 0.397 e. The summed E-state index contributed by atoms with van der Waals surface area (Å²) in [7, 11) is -0.381. The molecule has 2 N–H and O–H groups in total. The molecule has 142 valence electrons. The molecule has 0 atom stereocenters. The number of unbranched alkanes of at least 4 members (excludes halogenated alkanes) is 9. The summed E-state index contributed by atoms with van der Waals surface area (Å²) in [6.45, 7) is 3.33. The van der Waals surface area contributed by atoms with Gasteiger partial charge in [-0.2, -0.15) is 8.42 Å². The average Bonchev–Trinajstić information content (AvgIpc) is 2.44. The first kappa shape index (κ1) is 25.0. The number of aliphatic hydroxyl groups excluding tert-OH is 1. The van der Waals surface area contributed by atoms with Crippen molar-refractivity contribution in [2.45, 2.75) is 71.1 Å². The van der Waals surface area contributed by atoms with Gasteiger partial charge in [-0.3, -0.25) is 4.55 Å². The minimum Gasteiger partial charge on any atom is -0.395 e. The zero-order chi connectivity index (χ0) is 18.0. The molecule has 0 spiro atoms. The first-order chi connectivity index (χ1) is 10.8. The molecule has 0 aromatic carbocycles. The van der Waals surface area contributed by atoms with Crippen LogP contribution in [0.25, 0.3) is 0 Å². The highest BCUT2D eigenvalue weighted by atomic mass is 32.3. The van der Waals surface area contributed by atoms with Crippen LogP contribution in [-0.4, -0.2) is 56.8 Å². The Morgan fingerprint density at radius 1 is 0.870 bits per heavy atom. The molecule has 0 unspecified atom stereocenters. The fraction of sp³-hybridized carbons (Fsp3) is 1.00. The third-order valence-electron chi connectivity index (χ3n) is 3.28. The topological polar surface area (TPSA) is 87.1 Å². The number of hydrogen-bond donors (Lipinski definition) is 2. The maximum absolute atomic E-state index is 10.2. The predicted molar refractivity (Wildman–Crippen MR) is 95.0 cm³/mol. The monoisotopic (exact) mass is 355 g/mol. The van der Waals surface area contributed by atoms with Gasteiger partial charge < -0.3 is 10.0 Å². The van der Waals surface area contributed by atoms with E-state index in [0.29, 0.717) is 6.42 Å². The Morgan fingerprint density at radius 2 is 1.30 bits per heavy atom. The molecule has 6 nitrogen and oxygen atoms in total. The van der Waals surface area contributed by atoms with Crippen LogP contribution >= 0.6 is 0 Å². The summed E-state index contributed by atoms with van der Waals surface area (Å²) in [4.78, 5) is 1.93. The molecule has 0 saturated carbocycles. The first-order valence-corrected chi connectivity index (χ1v) is 10.1. The SMILES string of the molecule is CCCCCCCCCCCCOS(=O)(=O)O.CN(C)CCO. The van der Waals surface area contributed by atoms with E-state index in [1.54, 1.807) is 0 Å². The van der Waals surface area contributed by atoms with Crippen LogP contribution in [0.3, 0.4) is 0 Å². The van der Waals surface area contributed by atoms with Gasteiger partial charge in [-0.1, -0.05) is 64.7 Å². The van der Waals surface area contributed by atoms with E-state index in [0.717, 1.165) is 19.4 Å². The number of aliphatic hydroxyl groups is 1. The van der Waals surface area contributed by atoms with Crippen molar-refractivity contribution in [3.8, 4) is 0 Å². The summed E-state index contributed by atoms with van der Waals surface area (Å²) in [5.41, 5.74) is 0.